The van der Waals surface area contributed by atoms with E-state index >= 15 is 0 Å². The smallest absolute Gasteiger partial charge is 0.323 e. The first-order valence-corrected chi connectivity index (χ1v) is 8.79. The summed E-state index contributed by atoms with van der Waals surface area (Å²) in [7, 11) is 0. The molecule has 6 nitrogen and oxygen atoms in total. The number of hydrogen-bond donors (Lipinski definition) is 2. The van der Waals surface area contributed by atoms with E-state index < -0.39 is 0 Å². The molecule has 1 aliphatic rings. The maximum Gasteiger partial charge on any atom is 0.323 e. The van der Waals surface area contributed by atoms with Crippen molar-refractivity contribution in [1.82, 2.24) is 10.1 Å². The number of nitrogens with one attached hydrogen (secondary N) is 2. The van der Waals surface area contributed by atoms with E-state index in [-0.39, 0.29) is 6.03 Å². The van der Waals surface area contributed by atoms with Crippen molar-refractivity contribution in [2.45, 2.75) is 25.2 Å². The zero-order valence-electron chi connectivity index (χ0n) is 13.9. The summed E-state index contributed by atoms with van der Waals surface area (Å²) in [5.41, 5.74) is 2.22. The molecule has 0 aliphatic heterocycles. The second-order valence-corrected chi connectivity index (χ2v) is 6.68. The minimum absolute atomic E-state index is 0.344. The van der Waals surface area contributed by atoms with E-state index in [9.17, 15) is 4.79 Å². The van der Waals surface area contributed by atoms with Gasteiger partial charge in [0.25, 0.3) is 0 Å². The van der Waals surface area contributed by atoms with Gasteiger partial charge in [-0.3, -0.25) is 0 Å². The van der Waals surface area contributed by atoms with E-state index in [4.69, 9.17) is 16.1 Å². The number of hydrogen-bond acceptors (Lipinski definition) is 4. The normalized spacial score (nSPS) is 13.4. The molecular weight excluding hydrogens is 352 g/mol. The Hall–Kier alpha value is -2.86. The standard InChI is InChI=1S/C19H17ClN4O2/c20-14-5-3-6-15(11-14)21-19(25)22-16-7-2-1-4-13(16)10-17-23-18(24-26-17)12-8-9-12/h1-7,11-12H,8-10H2,(H2,21,22,25). The fourth-order valence-electron chi connectivity index (χ4n) is 2.66. The molecule has 2 amide bonds. The first kappa shape index (κ1) is 16.6. The van der Waals surface area contributed by atoms with Gasteiger partial charge >= 0.3 is 6.03 Å². The number of aromatic nitrogens is 2. The Balaban J connectivity index is 1.45. The first-order valence-electron chi connectivity index (χ1n) is 8.41. The SMILES string of the molecule is O=C(Nc1cccc(Cl)c1)Nc1ccccc1Cc1nc(C2CC2)no1. The summed E-state index contributed by atoms with van der Waals surface area (Å²) in [6, 6.07) is 14.2. The number of para-hydroxylation sites is 1. The van der Waals surface area contributed by atoms with E-state index in [0.29, 0.717) is 34.6 Å². The van der Waals surface area contributed by atoms with Crippen LogP contribution in [0, 0.1) is 0 Å². The van der Waals surface area contributed by atoms with Gasteiger partial charge < -0.3 is 15.2 Å². The molecule has 2 aromatic carbocycles. The molecule has 4 rings (SSSR count). The van der Waals surface area contributed by atoms with Crippen LogP contribution >= 0.6 is 11.6 Å². The molecule has 2 N–H and O–H groups in total. The lowest BCUT2D eigenvalue weighted by Gasteiger charge is -2.11. The van der Waals surface area contributed by atoms with Crippen LogP contribution in [0.1, 0.15) is 36.0 Å². The zero-order chi connectivity index (χ0) is 17.9. The van der Waals surface area contributed by atoms with Crippen molar-refractivity contribution in [1.29, 1.82) is 0 Å². The van der Waals surface area contributed by atoms with Crippen LogP contribution in [0.15, 0.2) is 53.1 Å². The Bertz CT molecular complexity index is 937. The Morgan fingerprint density at radius 3 is 2.81 bits per heavy atom. The third-order valence-electron chi connectivity index (χ3n) is 4.12. The molecule has 0 spiro atoms. The summed E-state index contributed by atoms with van der Waals surface area (Å²) in [5, 5.41) is 10.2. The molecule has 1 heterocycles. The Kier molecular flexibility index (Phi) is 4.58. The quantitative estimate of drug-likeness (QED) is 0.675. The van der Waals surface area contributed by atoms with Gasteiger partial charge in [-0.1, -0.05) is 41.0 Å². The van der Waals surface area contributed by atoms with Crippen molar-refractivity contribution in [3.63, 3.8) is 0 Å². The molecule has 0 saturated heterocycles. The molecular formula is C19H17ClN4O2. The number of rotatable bonds is 5. The van der Waals surface area contributed by atoms with Gasteiger partial charge in [-0.25, -0.2) is 4.79 Å². The summed E-state index contributed by atoms with van der Waals surface area (Å²) in [6.07, 6.45) is 2.72. The van der Waals surface area contributed by atoms with Gasteiger partial charge in [-0.15, -0.1) is 0 Å². The average molecular weight is 369 g/mol. The number of nitrogens with zero attached hydrogens (tertiary/aromatic N) is 2. The van der Waals surface area contributed by atoms with Crippen LogP contribution in [0.5, 0.6) is 0 Å². The van der Waals surface area contributed by atoms with Gasteiger partial charge in [-0.05, 0) is 42.7 Å². The molecule has 7 heteroatoms. The molecule has 0 unspecified atom stereocenters. The maximum absolute atomic E-state index is 12.3. The largest absolute Gasteiger partial charge is 0.339 e. The first-order chi connectivity index (χ1) is 12.7. The summed E-state index contributed by atoms with van der Waals surface area (Å²) in [5.74, 6) is 1.78. The van der Waals surface area contributed by atoms with Gasteiger partial charge in [0.15, 0.2) is 5.82 Å². The van der Waals surface area contributed by atoms with E-state index in [1.54, 1.807) is 24.3 Å². The number of carbonyl (C=O) groups excluding carboxylic acids is 1. The van der Waals surface area contributed by atoms with E-state index in [1.807, 2.05) is 24.3 Å². The third-order valence-corrected chi connectivity index (χ3v) is 4.35. The highest BCUT2D eigenvalue weighted by molar-refractivity contribution is 6.30. The predicted octanol–water partition coefficient (Wildman–Crippen LogP) is 4.84. The molecule has 1 aromatic heterocycles. The Morgan fingerprint density at radius 2 is 2.00 bits per heavy atom. The van der Waals surface area contributed by atoms with Crippen molar-refractivity contribution < 1.29 is 9.32 Å². The molecule has 1 aliphatic carbocycles. The van der Waals surface area contributed by atoms with Crippen molar-refractivity contribution in [3.8, 4) is 0 Å². The third kappa shape index (κ3) is 4.03. The lowest BCUT2D eigenvalue weighted by atomic mass is 10.1. The minimum Gasteiger partial charge on any atom is -0.339 e. The van der Waals surface area contributed by atoms with Crippen LogP contribution in [0.4, 0.5) is 16.2 Å². The zero-order valence-corrected chi connectivity index (χ0v) is 14.7. The van der Waals surface area contributed by atoms with Gasteiger partial charge in [0.1, 0.15) is 0 Å². The number of benzene rings is 2. The maximum atomic E-state index is 12.3. The molecule has 0 radical (unpaired) electrons. The van der Waals surface area contributed by atoms with Crippen molar-refractivity contribution in [2.75, 3.05) is 10.6 Å². The van der Waals surface area contributed by atoms with Gasteiger partial charge in [0, 0.05) is 22.3 Å². The fraction of sp³-hybridized carbons (Fsp3) is 0.211. The highest BCUT2D eigenvalue weighted by atomic mass is 35.5. The second-order valence-electron chi connectivity index (χ2n) is 6.24. The highest BCUT2D eigenvalue weighted by Crippen LogP contribution is 2.38. The monoisotopic (exact) mass is 368 g/mol. The van der Waals surface area contributed by atoms with Gasteiger partial charge in [-0.2, -0.15) is 4.98 Å². The molecule has 0 bridgehead atoms. The van der Waals surface area contributed by atoms with E-state index in [0.717, 1.165) is 24.2 Å². The van der Waals surface area contributed by atoms with Crippen LogP contribution in [-0.4, -0.2) is 16.2 Å². The fourth-order valence-corrected chi connectivity index (χ4v) is 2.85. The lowest BCUT2D eigenvalue weighted by molar-refractivity contribution is 0.262. The van der Waals surface area contributed by atoms with Gasteiger partial charge in [0.05, 0.1) is 6.42 Å². The number of urea groups is 1. The number of anilines is 2. The minimum atomic E-state index is -0.344. The molecule has 3 aromatic rings. The number of amides is 2. The topological polar surface area (TPSA) is 80.0 Å². The molecule has 1 fully saturated rings. The summed E-state index contributed by atoms with van der Waals surface area (Å²) in [6.45, 7) is 0. The van der Waals surface area contributed by atoms with Crippen LogP contribution in [0.3, 0.4) is 0 Å². The van der Waals surface area contributed by atoms with Crippen LogP contribution in [0.2, 0.25) is 5.02 Å². The summed E-state index contributed by atoms with van der Waals surface area (Å²) >= 11 is 5.94. The van der Waals surface area contributed by atoms with Crippen molar-refractivity contribution >= 4 is 29.0 Å². The summed E-state index contributed by atoms with van der Waals surface area (Å²) in [4.78, 5) is 16.7. The molecule has 1 saturated carbocycles. The van der Waals surface area contributed by atoms with Crippen LogP contribution in [0.25, 0.3) is 0 Å². The Morgan fingerprint density at radius 1 is 1.15 bits per heavy atom. The average Bonchev–Trinajstić information content (AvgIpc) is 3.36. The lowest BCUT2D eigenvalue weighted by Crippen LogP contribution is -2.20. The predicted molar refractivity (Wildman–Crippen MR) is 99.6 cm³/mol. The number of carbonyl (C=O) groups is 1. The van der Waals surface area contributed by atoms with E-state index in [1.165, 1.54) is 0 Å². The second kappa shape index (κ2) is 7.17. The summed E-state index contributed by atoms with van der Waals surface area (Å²) < 4.78 is 5.33. The van der Waals surface area contributed by atoms with Crippen LogP contribution < -0.4 is 10.6 Å². The molecule has 132 valence electrons. The van der Waals surface area contributed by atoms with E-state index in [2.05, 4.69) is 20.8 Å². The Labute approximate surface area is 155 Å². The molecule has 0 atom stereocenters. The molecule has 26 heavy (non-hydrogen) atoms. The van der Waals surface area contributed by atoms with Crippen molar-refractivity contribution in [2.24, 2.45) is 0 Å². The van der Waals surface area contributed by atoms with Gasteiger partial charge in [0.2, 0.25) is 5.89 Å². The number of halogens is 1. The van der Waals surface area contributed by atoms with Crippen molar-refractivity contribution in [3.05, 3.63) is 70.8 Å². The van der Waals surface area contributed by atoms with Crippen LogP contribution in [-0.2, 0) is 6.42 Å². The highest BCUT2D eigenvalue weighted by Gasteiger charge is 2.28.